The van der Waals surface area contributed by atoms with Gasteiger partial charge in [0.05, 0.1) is 17.7 Å². The minimum Gasteiger partial charge on any atom is -0.497 e. The minimum absolute atomic E-state index is 0.0144. The Hall–Kier alpha value is -2.41. The van der Waals surface area contributed by atoms with E-state index in [1.165, 1.54) is 13.2 Å². The van der Waals surface area contributed by atoms with E-state index < -0.39 is 28.8 Å². The van der Waals surface area contributed by atoms with Gasteiger partial charge < -0.3 is 14.8 Å². The van der Waals surface area contributed by atoms with Crippen molar-refractivity contribution >= 4 is 23.2 Å². The van der Waals surface area contributed by atoms with Gasteiger partial charge in [-0.2, -0.15) is 13.2 Å². The van der Waals surface area contributed by atoms with Crippen LogP contribution in [-0.2, 0) is 11.0 Å². The summed E-state index contributed by atoms with van der Waals surface area (Å²) in [6, 6.07) is 9.87. The molecule has 4 nitrogen and oxygen atoms in total. The number of carbonyl (C=O) groups is 1. The van der Waals surface area contributed by atoms with E-state index in [1.807, 2.05) is 0 Å². The third-order valence-electron chi connectivity index (χ3n) is 3.52. The number of amides is 1. The molecule has 2 aromatic rings. The zero-order chi connectivity index (χ0) is 19.3. The van der Waals surface area contributed by atoms with Crippen LogP contribution >= 0.6 is 11.6 Å². The van der Waals surface area contributed by atoms with Gasteiger partial charge in [-0.05, 0) is 36.8 Å². The predicted molar refractivity (Wildman–Crippen MR) is 92.8 cm³/mol. The molecule has 0 aliphatic carbocycles. The smallest absolute Gasteiger partial charge is 0.417 e. The molecule has 0 heterocycles. The maximum atomic E-state index is 12.9. The van der Waals surface area contributed by atoms with Gasteiger partial charge >= 0.3 is 6.18 Å². The van der Waals surface area contributed by atoms with Crippen LogP contribution in [0.25, 0.3) is 0 Å². The Morgan fingerprint density at radius 2 is 1.88 bits per heavy atom. The molecule has 26 heavy (non-hydrogen) atoms. The van der Waals surface area contributed by atoms with Gasteiger partial charge in [0, 0.05) is 11.8 Å². The van der Waals surface area contributed by atoms with E-state index in [1.54, 1.807) is 31.2 Å². The summed E-state index contributed by atoms with van der Waals surface area (Å²) in [5.74, 6) is 0.412. The third kappa shape index (κ3) is 5.05. The van der Waals surface area contributed by atoms with Crippen LogP contribution in [0.15, 0.2) is 42.5 Å². The van der Waals surface area contributed by atoms with Crippen molar-refractivity contribution in [3.8, 4) is 11.5 Å². The van der Waals surface area contributed by atoms with Crippen LogP contribution in [0.5, 0.6) is 11.5 Å². The molecule has 0 aromatic heterocycles. The van der Waals surface area contributed by atoms with Gasteiger partial charge in [-0.15, -0.1) is 0 Å². The quantitative estimate of drug-likeness (QED) is 0.744. The first-order valence-corrected chi connectivity index (χ1v) is 8.10. The molecule has 1 atom stereocenters. The van der Waals surface area contributed by atoms with Gasteiger partial charge in [0.1, 0.15) is 11.5 Å². The summed E-state index contributed by atoms with van der Waals surface area (Å²) < 4.78 is 49.5. The number of anilines is 1. The molecule has 8 heteroatoms. The third-order valence-corrected chi connectivity index (χ3v) is 3.85. The van der Waals surface area contributed by atoms with Crippen molar-refractivity contribution in [3.63, 3.8) is 0 Å². The fourth-order valence-corrected chi connectivity index (χ4v) is 2.43. The van der Waals surface area contributed by atoms with Gasteiger partial charge in [0.25, 0.3) is 5.91 Å². The summed E-state index contributed by atoms with van der Waals surface area (Å²) in [4.78, 5) is 12.4. The van der Waals surface area contributed by atoms with Gasteiger partial charge in [-0.25, -0.2) is 0 Å². The number of nitrogens with one attached hydrogen (secondary N) is 1. The number of benzene rings is 2. The van der Waals surface area contributed by atoms with E-state index in [0.29, 0.717) is 17.9 Å². The molecule has 1 unspecified atom stereocenters. The molecule has 140 valence electrons. The average molecular weight is 388 g/mol. The average Bonchev–Trinajstić information content (AvgIpc) is 2.60. The van der Waals surface area contributed by atoms with E-state index >= 15 is 0 Å². The Labute approximate surface area is 153 Å². The van der Waals surface area contributed by atoms with Gasteiger partial charge in [-0.1, -0.05) is 24.6 Å². The molecule has 0 spiro atoms. The van der Waals surface area contributed by atoms with Crippen molar-refractivity contribution < 1.29 is 27.4 Å². The second-order valence-electron chi connectivity index (χ2n) is 5.38. The zero-order valence-electron chi connectivity index (χ0n) is 14.1. The largest absolute Gasteiger partial charge is 0.497 e. The fourth-order valence-electron chi connectivity index (χ4n) is 2.20. The number of ether oxygens (including phenoxy) is 2. The van der Waals surface area contributed by atoms with Crippen LogP contribution in [0.3, 0.4) is 0 Å². The lowest BCUT2D eigenvalue weighted by atomic mass is 10.1. The molecule has 0 aliphatic rings. The minimum atomic E-state index is -4.61. The molecular weight excluding hydrogens is 371 g/mol. The van der Waals surface area contributed by atoms with E-state index in [2.05, 4.69) is 5.32 Å². The topological polar surface area (TPSA) is 47.6 Å². The van der Waals surface area contributed by atoms with E-state index in [4.69, 9.17) is 21.1 Å². The number of hydrogen-bond donors (Lipinski definition) is 1. The molecule has 0 bridgehead atoms. The molecule has 0 radical (unpaired) electrons. The first kappa shape index (κ1) is 19.9. The van der Waals surface area contributed by atoms with Crippen LogP contribution in [-0.4, -0.2) is 19.1 Å². The molecule has 2 aromatic carbocycles. The molecule has 1 N–H and O–H groups in total. The Morgan fingerprint density at radius 3 is 2.50 bits per heavy atom. The van der Waals surface area contributed by atoms with Crippen LogP contribution in [0.1, 0.15) is 18.9 Å². The second kappa shape index (κ2) is 8.31. The summed E-state index contributed by atoms with van der Waals surface area (Å²) in [7, 11) is 1.50. The highest BCUT2D eigenvalue weighted by molar-refractivity contribution is 6.31. The molecule has 0 saturated carbocycles. The lowest BCUT2D eigenvalue weighted by Crippen LogP contribution is -2.32. The van der Waals surface area contributed by atoms with Crippen molar-refractivity contribution in [2.45, 2.75) is 25.6 Å². The summed E-state index contributed by atoms with van der Waals surface area (Å²) in [6.45, 7) is 1.73. The Kier molecular flexibility index (Phi) is 6.37. The first-order valence-electron chi connectivity index (χ1n) is 7.73. The molecule has 0 fully saturated rings. The fraction of sp³-hybridized carbons (Fsp3) is 0.278. The van der Waals surface area contributed by atoms with Crippen molar-refractivity contribution in [3.05, 3.63) is 53.1 Å². The molecule has 0 aliphatic heterocycles. The summed E-state index contributed by atoms with van der Waals surface area (Å²) in [5, 5.41) is 1.99. The standard InChI is InChI=1S/C18H17ClF3NO3/c1-3-16(26-13-6-4-5-12(10-13)25-2)17(24)23-11-7-8-15(19)14(9-11)18(20,21)22/h4-10,16H,3H2,1-2H3,(H,23,24). The van der Waals surface area contributed by atoms with E-state index in [0.717, 1.165) is 12.1 Å². The van der Waals surface area contributed by atoms with Crippen molar-refractivity contribution in [2.75, 3.05) is 12.4 Å². The number of methoxy groups -OCH3 is 1. The maximum Gasteiger partial charge on any atom is 0.417 e. The van der Waals surface area contributed by atoms with E-state index in [9.17, 15) is 18.0 Å². The highest BCUT2D eigenvalue weighted by Crippen LogP contribution is 2.36. The highest BCUT2D eigenvalue weighted by atomic mass is 35.5. The van der Waals surface area contributed by atoms with Crippen LogP contribution in [0, 0.1) is 0 Å². The highest BCUT2D eigenvalue weighted by Gasteiger charge is 2.33. The van der Waals surface area contributed by atoms with Crippen molar-refractivity contribution in [1.29, 1.82) is 0 Å². The molecule has 0 saturated heterocycles. The van der Waals surface area contributed by atoms with Gasteiger partial charge in [0.2, 0.25) is 0 Å². The molecular formula is C18H17ClF3NO3. The lowest BCUT2D eigenvalue weighted by molar-refractivity contribution is -0.137. The number of halogens is 4. The summed E-state index contributed by atoms with van der Waals surface area (Å²) in [6.07, 6.45) is -5.17. The second-order valence-corrected chi connectivity index (χ2v) is 5.78. The van der Waals surface area contributed by atoms with Crippen molar-refractivity contribution in [1.82, 2.24) is 0 Å². The molecule has 1 amide bonds. The van der Waals surface area contributed by atoms with E-state index in [-0.39, 0.29) is 5.69 Å². The zero-order valence-corrected chi connectivity index (χ0v) is 14.8. The van der Waals surface area contributed by atoms with Gasteiger partial charge in [0.15, 0.2) is 6.10 Å². The van der Waals surface area contributed by atoms with Crippen LogP contribution in [0.4, 0.5) is 18.9 Å². The van der Waals surface area contributed by atoms with Crippen LogP contribution in [0.2, 0.25) is 5.02 Å². The monoisotopic (exact) mass is 387 g/mol. The number of rotatable bonds is 6. The number of hydrogen-bond acceptors (Lipinski definition) is 3. The number of alkyl halides is 3. The SMILES string of the molecule is CCC(Oc1cccc(OC)c1)C(=O)Nc1ccc(Cl)c(C(F)(F)F)c1. The summed E-state index contributed by atoms with van der Waals surface area (Å²) >= 11 is 5.57. The van der Waals surface area contributed by atoms with Gasteiger partial charge in [-0.3, -0.25) is 4.79 Å². The molecule has 2 rings (SSSR count). The normalized spacial score (nSPS) is 12.4. The van der Waals surface area contributed by atoms with Crippen LogP contribution < -0.4 is 14.8 Å². The summed E-state index contributed by atoms with van der Waals surface area (Å²) in [5.41, 5.74) is -1.03. The first-order chi connectivity index (χ1) is 12.2. The Morgan fingerprint density at radius 1 is 1.19 bits per heavy atom. The van der Waals surface area contributed by atoms with Crippen molar-refractivity contribution in [2.24, 2.45) is 0 Å². The maximum absolute atomic E-state index is 12.9. The Balaban J connectivity index is 2.14. The lowest BCUT2D eigenvalue weighted by Gasteiger charge is -2.18. The number of carbonyl (C=O) groups excluding carboxylic acids is 1. The predicted octanol–water partition coefficient (Wildman–Crippen LogP) is 5.16. The Bertz CT molecular complexity index is 781.